The average molecular weight is 466 g/mol. The highest BCUT2D eigenvalue weighted by Gasteiger charge is 2.32. The lowest BCUT2D eigenvalue weighted by molar-refractivity contribution is -0.385. The van der Waals surface area contributed by atoms with E-state index in [4.69, 9.17) is 19.3 Å². The van der Waals surface area contributed by atoms with Gasteiger partial charge in [0.15, 0.2) is 17.2 Å². The first-order valence-electron chi connectivity index (χ1n) is 9.58. The Morgan fingerprint density at radius 2 is 1.82 bits per heavy atom. The van der Waals surface area contributed by atoms with Crippen molar-refractivity contribution in [2.45, 2.75) is 39.5 Å². The van der Waals surface area contributed by atoms with Gasteiger partial charge < -0.3 is 24.1 Å². The molecule has 0 aliphatic rings. The van der Waals surface area contributed by atoms with Gasteiger partial charge in [-0.1, -0.05) is 6.92 Å². The molecule has 178 valence electrons. The molecule has 0 aliphatic heterocycles. The number of carboxylic acid groups (broad SMARTS) is 1. The van der Waals surface area contributed by atoms with Crippen LogP contribution in [0.4, 0.5) is 10.5 Å². The molecule has 0 radical (unpaired) electrons. The zero-order valence-corrected chi connectivity index (χ0v) is 18.3. The lowest BCUT2D eigenvalue weighted by atomic mass is 10.0. The SMILES string of the molecule is CCCC(=O)OCn1nc(C(=O)c2cc(OC)c(OC)cc2[N+](=O)[O-])c(C(C)OC(=O)O)n1. The van der Waals surface area contributed by atoms with Crippen LogP contribution in [0.2, 0.25) is 0 Å². The first-order chi connectivity index (χ1) is 15.6. The molecule has 0 fully saturated rings. The molecule has 33 heavy (non-hydrogen) atoms. The van der Waals surface area contributed by atoms with E-state index in [1.165, 1.54) is 21.1 Å². The van der Waals surface area contributed by atoms with Gasteiger partial charge in [-0.3, -0.25) is 19.7 Å². The van der Waals surface area contributed by atoms with Crippen molar-refractivity contribution in [3.05, 3.63) is 39.2 Å². The van der Waals surface area contributed by atoms with Crippen LogP contribution in [0.25, 0.3) is 0 Å². The van der Waals surface area contributed by atoms with E-state index in [1.54, 1.807) is 6.92 Å². The lowest BCUT2D eigenvalue weighted by Crippen LogP contribution is -2.13. The fraction of sp³-hybridized carbons (Fsp3) is 0.421. The summed E-state index contributed by atoms with van der Waals surface area (Å²) in [7, 11) is 2.56. The van der Waals surface area contributed by atoms with Gasteiger partial charge in [-0.25, -0.2) is 4.79 Å². The summed E-state index contributed by atoms with van der Waals surface area (Å²) in [4.78, 5) is 47.5. The number of benzene rings is 1. The Hall–Kier alpha value is -4.23. The first kappa shape index (κ1) is 25.0. The molecular weight excluding hydrogens is 444 g/mol. The predicted octanol–water partition coefficient (Wildman–Crippen LogP) is 2.49. The minimum Gasteiger partial charge on any atom is -0.493 e. The second-order valence-corrected chi connectivity index (χ2v) is 6.54. The largest absolute Gasteiger partial charge is 0.506 e. The molecule has 0 amide bonds. The third-order valence-corrected chi connectivity index (χ3v) is 4.30. The molecule has 0 spiro atoms. The molecule has 1 aromatic heterocycles. The number of rotatable bonds is 11. The van der Waals surface area contributed by atoms with Crippen LogP contribution >= 0.6 is 0 Å². The van der Waals surface area contributed by atoms with Crippen LogP contribution < -0.4 is 9.47 Å². The Labute approximate surface area is 187 Å². The van der Waals surface area contributed by atoms with Gasteiger partial charge in [0.2, 0.25) is 12.5 Å². The molecule has 2 rings (SSSR count). The number of carbonyl (C=O) groups excluding carboxylic acids is 2. The summed E-state index contributed by atoms with van der Waals surface area (Å²) < 4.78 is 19.8. The van der Waals surface area contributed by atoms with Gasteiger partial charge in [-0.2, -0.15) is 5.10 Å². The number of nitrogens with zero attached hydrogens (tertiary/aromatic N) is 4. The van der Waals surface area contributed by atoms with Gasteiger partial charge in [0.25, 0.3) is 5.69 Å². The summed E-state index contributed by atoms with van der Waals surface area (Å²) in [5, 5.41) is 28.5. The van der Waals surface area contributed by atoms with Crippen LogP contribution in [0.3, 0.4) is 0 Å². The second kappa shape index (κ2) is 10.9. The van der Waals surface area contributed by atoms with Gasteiger partial charge in [0.1, 0.15) is 17.4 Å². The number of ketones is 1. The summed E-state index contributed by atoms with van der Waals surface area (Å²) in [6.07, 6.45) is -2.20. The van der Waals surface area contributed by atoms with E-state index >= 15 is 0 Å². The van der Waals surface area contributed by atoms with Gasteiger partial charge in [-0.15, -0.1) is 9.90 Å². The van der Waals surface area contributed by atoms with Crippen molar-refractivity contribution in [2.24, 2.45) is 0 Å². The molecule has 1 unspecified atom stereocenters. The van der Waals surface area contributed by atoms with Crippen molar-refractivity contribution in [3.8, 4) is 11.5 Å². The fourth-order valence-electron chi connectivity index (χ4n) is 2.80. The normalized spacial score (nSPS) is 11.4. The van der Waals surface area contributed by atoms with E-state index in [0.29, 0.717) is 6.42 Å². The van der Waals surface area contributed by atoms with E-state index in [9.17, 15) is 24.5 Å². The number of hydrogen-bond acceptors (Lipinski definition) is 11. The standard InChI is InChI=1S/C19H22N4O10/c1-5-6-15(24)32-9-22-20-16(10(2)33-19(26)27)17(21-22)18(25)11-7-13(30-3)14(31-4)8-12(11)23(28)29/h7-8,10H,5-6,9H2,1-4H3,(H,26,27). The highest BCUT2D eigenvalue weighted by Crippen LogP contribution is 2.36. The number of aromatic nitrogens is 3. The summed E-state index contributed by atoms with van der Waals surface area (Å²) in [6.45, 7) is 2.61. The molecule has 2 aromatic rings. The van der Waals surface area contributed by atoms with Crippen molar-refractivity contribution in [1.29, 1.82) is 0 Å². The van der Waals surface area contributed by atoms with Crippen molar-refractivity contribution in [3.63, 3.8) is 0 Å². The van der Waals surface area contributed by atoms with Crippen molar-refractivity contribution in [1.82, 2.24) is 15.0 Å². The number of nitro groups is 1. The van der Waals surface area contributed by atoms with Crippen LogP contribution in [-0.4, -0.2) is 57.2 Å². The maximum Gasteiger partial charge on any atom is 0.506 e. The van der Waals surface area contributed by atoms with E-state index in [0.717, 1.165) is 16.9 Å². The highest BCUT2D eigenvalue weighted by molar-refractivity contribution is 6.11. The molecule has 1 aromatic carbocycles. The number of methoxy groups -OCH3 is 2. The van der Waals surface area contributed by atoms with E-state index in [-0.39, 0.29) is 23.6 Å². The Morgan fingerprint density at radius 1 is 1.18 bits per heavy atom. The zero-order chi connectivity index (χ0) is 24.7. The molecule has 1 atom stereocenters. The highest BCUT2D eigenvalue weighted by atomic mass is 16.7. The van der Waals surface area contributed by atoms with E-state index in [2.05, 4.69) is 14.9 Å². The summed E-state index contributed by atoms with van der Waals surface area (Å²) >= 11 is 0. The Balaban J connectivity index is 2.56. The molecule has 0 bridgehead atoms. The minimum atomic E-state index is -1.64. The minimum absolute atomic E-state index is 0.0232. The van der Waals surface area contributed by atoms with Crippen molar-refractivity contribution < 1.29 is 43.4 Å². The average Bonchev–Trinajstić information content (AvgIpc) is 3.20. The van der Waals surface area contributed by atoms with Gasteiger partial charge >= 0.3 is 12.1 Å². The van der Waals surface area contributed by atoms with Gasteiger partial charge in [0.05, 0.1) is 25.2 Å². The summed E-state index contributed by atoms with van der Waals surface area (Å²) in [5.41, 5.74) is -1.65. The molecule has 0 aliphatic carbocycles. The number of esters is 1. The van der Waals surface area contributed by atoms with Crippen molar-refractivity contribution >= 4 is 23.6 Å². The summed E-state index contributed by atoms with van der Waals surface area (Å²) in [6, 6.07) is 2.12. The van der Waals surface area contributed by atoms with Crippen molar-refractivity contribution in [2.75, 3.05) is 14.2 Å². The number of nitro benzene ring substituents is 1. The molecule has 14 heteroatoms. The molecule has 1 heterocycles. The van der Waals surface area contributed by atoms with E-state index in [1.807, 2.05) is 0 Å². The molecule has 0 saturated carbocycles. The smallest absolute Gasteiger partial charge is 0.493 e. The lowest BCUT2D eigenvalue weighted by Gasteiger charge is -2.11. The summed E-state index contributed by atoms with van der Waals surface area (Å²) in [5.74, 6) is -1.42. The van der Waals surface area contributed by atoms with Crippen LogP contribution in [0, 0.1) is 10.1 Å². The molecule has 0 saturated heterocycles. The maximum atomic E-state index is 13.3. The van der Waals surface area contributed by atoms with Gasteiger partial charge in [-0.05, 0) is 13.3 Å². The Kier molecular flexibility index (Phi) is 8.25. The van der Waals surface area contributed by atoms with Crippen LogP contribution in [-0.2, 0) is 21.0 Å². The topological polar surface area (TPSA) is 182 Å². The number of hydrogen-bond donors (Lipinski definition) is 1. The number of carbonyl (C=O) groups is 3. The Bertz CT molecular complexity index is 1070. The molecule has 14 nitrogen and oxygen atoms in total. The quantitative estimate of drug-likeness (QED) is 0.221. The molecule has 1 N–H and O–H groups in total. The molecular formula is C19H22N4O10. The Morgan fingerprint density at radius 3 is 2.36 bits per heavy atom. The zero-order valence-electron chi connectivity index (χ0n) is 18.3. The fourth-order valence-corrected chi connectivity index (χ4v) is 2.80. The number of ether oxygens (including phenoxy) is 4. The predicted molar refractivity (Wildman–Crippen MR) is 108 cm³/mol. The third kappa shape index (κ3) is 5.93. The third-order valence-electron chi connectivity index (χ3n) is 4.30. The second-order valence-electron chi connectivity index (χ2n) is 6.54. The monoisotopic (exact) mass is 466 g/mol. The van der Waals surface area contributed by atoms with Crippen LogP contribution in [0.1, 0.15) is 54.5 Å². The first-order valence-corrected chi connectivity index (χ1v) is 9.58. The van der Waals surface area contributed by atoms with E-state index < -0.39 is 52.6 Å². The van der Waals surface area contributed by atoms with Crippen LogP contribution in [0.15, 0.2) is 12.1 Å². The maximum absolute atomic E-state index is 13.3. The van der Waals surface area contributed by atoms with Crippen LogP contribution in [0.5, 0.6) is 11.5 Å². The van der Waals surface area contributed by atoms with Gasteiger partial charge in [0, 0.05) is 12.5 Å².